The van der Waals surface area contributed by atoms with Crippen molar-refractivity contribution in [2.75, 3.05) is 72.7 Å². The molecule has 5 heterocycles. The van der Waals surface area contributed by atoms with Gasteiger partial charge in [0.25, 0.3) is 0 Å². The van der Waals surface area contributed by atoms with Crippen LogP contribution in [0.4, 0.5) is 0 Å². The number of methoxy groups -OCH3 is 1. The molecule has 0 aliphatic carbocycles. The van der Waals surface area contributed by atoms with Crippen molar-refractivity contribution >= 4 is 23.3 Å². The van der Waals surface area contributed by atoms with Crippen molar-refractivity contribution in [3.63, 3.8) is 0 Å². The number of hydrazine groups is 1. The van der Waals surface area contributed by atoms with E-state index in [4.69, 9.17) is 19.2 Å². The smallest absolute Gasteiger partial charge is 0.372 e. The quantitative estimate of drug-likeness (QED) is 0.436. The van der Waals surface area contributed by atoms with E-state index in [2.05, 4.69) is 19.9 Å². The van der Waals surface area contributed by atoms with Crippen LogP contribution in [0.1, 0.15) is 51.3 Å². The fourth-order valence-electron chi connectivity index (χ4n) is 5.98. The second-order valence-corrected chi connectivity index (χ2v) is 10.6. The van der Waals surface area contributed by atoms with Gasteiger partial charge < -0.3 is 14.2 Å². The zero-order valence-corrected chi connectivity index (χ0v) is 23.7. The average Bonchev–Trinajstić information content (AvgIpc) is 3.02. The van der Waals surface area contributed by atoms with E-state index < -0.39 is 17.7 Å². The number of rotatable bonds is 8. The van der Waals surface area contributed by atoms with E-state index in [-0.39, 0.29) is 12.3 Å². The van der Waals surface area contributed by atoms with Gasteiger partial charge in [-0.1, -0.05) is 12.8 Å². The van der Waals surface area contributed by atoms with Gasteiger partial charge in [0.05, 0.1) is 20.3 Å². The molecule has 1 aromatic rings. The number of aromatic nitrogens is 2. The highest BCUT2D eigenvalue weighted by molar-refractivity contribution is 6.45. The summed E-state index contributed by atoms with van der Waals surface area (Å²) >= 11 is 0. The van der Waals surface area contributed by atoms with Crippen LogP contribution in [0.2, 0.25) is 0 Å². The molecular weight excluding hydrogens is 514 g/mol. The highest BCUT2D eigenvalue weighted by atomic mass is 16.5. The molecule has 0 radical (unpaired) electrons. The molecule has 12 nitrogen and oxygen atoms in total. The maximum Gasteiger partial charge on any atom is 0.372 e. The fraction of sp³-hybridized carbons (Fsp3) is 0.679. The van der Waals surface area contributed by atoms with E-state index >= 15 is 0 Å². The molecule has 12 heteroatoms. The van der Waals surface area contributed by atoms with E-state index in [9.17, 15) is 9.59 Å². The van der Waals surface area contributed by atoms with Gasteiger partial charge >= 0.3 is 17.7 Å². The number of hydrogen-bond donors (Lipinski definition) is 0. The number of morpholine rings is 1. The van der Waals surface area contributed by atoms with Gasteiger partial charge in [0.2, 0.25) is 0 Å². The first-order chi connectivity index (χ1) is 19.6. The van der Waals surface area contributed by atoms with Gasteiger partial charge in [0.1, 0.15) is 12.3 Å². The summed E-state index contributed by atoms with van der Waals surface area (Å²) in [5, 5.41) is 4.09. The van der Waals surface area contributed by atoms with Gasteiger partial charge in [-0.15, -0.1) is 0 Å². The first-order valence-electron chi connectivity index (χ1n) is 14.5. The van der Waals surface area contributed by atoms with Crippen molar-refractivity contribution in [1.82, 2.24) is 29.8 Å². The number of hydrogen-bond acceptors (Lipinski definition) is 12. The number of piperidine rings is 2. The number of aliphatic imine (C=N–C) groups is 1. The largest absolute Gasteiger partial charge is 0.465 e. The molecular formula is C28H41N7O5. The monoisotopic (exact) mass is 555 g/mol. The molecule has 4 aliphatic heterocycles. The molecule has 218 valence electrons. The third-order valence-electron chi connectivity index (χ3n) is 8.07. The second kappa shape index (κ2) is 13.2. The molecule has 0 spiro atoms. The van der Waals surface area contributed by atoms with Gasteiger partial charge in [-0.2, -0.15) is 0 Å². The van der Waals surface area contributed by atoms with Crippen LogP contribution in [-0.2, 0) is 23.8 Å². The molecule has 5 rings (SSSR count). The number of carbonyl (C=O) groups excluding carboxylic acids is 2. The molecule has 40 heavy (non-hydrogen) atoms. The van der Waals surface area contributed by atoms with E-state index in [1.807, 2.05) is 16.8 Å². The highest BCUT2D eigenvalue weighted by Crippen LogP contribution is 2.41. The van der Waals surface area contributed by atoms with Crippen LogP contribution in [-0.4, -0.2) is 126 Å². The third kappa shape index (κ3) is 5.76. The predicted octanol–water partition coefficient (Wildman–Crippen LogP) is 1.55. The summed E-state index contributed by atoms with van der Waals surface area (Å²) in [4.78, 5) is 46.2. The third-order valence-corrected chi connectivity index (χ3v) is 8.07. The lowest BCUT2D eigenvalue weighted by molar-refractivity contribution is -0.192. The van der Waals surface area contributed by atoms with Crippen LogP contribution < -0.4 is 0 Å². The minimum Gasteiger partial charge on any atom is -0.465 e. The Morgan fingerprint density at radius 1 is 0.950 bits per heavy atom. The number of likely N-dealkylation sites (tertiary alicyclic amines) is 1. The van der Waals surface area contributed by atoms with Crippen molar-refractivity contribution in [2.45, 2.75) is 51.2 Å². The number of esters is 2. The molecule has 0 bridgehead atoms. The second-order valence-electron chi connectivity index (χ2n) is 10.6. The van der Waals surface area contributed by atoms with Gasteiger partial charge in [0, 0.05) is 63.8 Å². The standard InChI is InChI=1S/C28H41N7O5/c1-22-23(26(36)40-21-18-32-16-19-39-20-17-32)31-28(27(37)38-2,33-12-5-3-6-13-33)35(34-14-7-4-8-15-34)24(22)25-29-10-9-11-30-25/h9-11H,3-8,12-21H2,1-2H3. The summed E-state index contributed by atoms with van der Waals surface area (Å²) in [6.07, 6.45) is 9.33. The summed E-state index contributed by atoms with van der Waals surface area (Å²) in [5.41, 5.74) is 1.26. The molecule has 1 unspecified atom stereocenters. The summed E-state index contributed by atoms with van der Waals surface area (Å²) in [6, 6.07) is 1.75. The molecule has 1 aromatic heterocycles. The molecule has 0 saturated carbocycles. The van der Waals surface area contributed by atoms with Crippen LogP contribution in [0.15, 0.2) is 29.0 Å². The Kier molecular flexibility index (Phi) is 9.40. The van der Waals surface area contributed by atoms with Crippen LogP contribution in [0, 0.1) is 0 Å². The topological polar surface area (TPSA) is 113 Å². The van der Waals surface area contributed by atoms with Crippen LogP contribution >= 0.6 is 0 Å². The minimum atomic E-state index is -1.61. The molecule has 3 saturated heterocycles. The molecule has 3 fully saturated rings. The van der Waals surface area contributed by atoms with Gasteiger partial charge in [-0.3, -0.25) is 14.8 Å². The van der Waals surface area contributed by atoms with Crippen LogP contribution in [0.3, 0.4) is 0 Å². The Labute approximate surface area is 235 Å². The number of ether oxygens (including phenoxy) is 3. The maximum absolute atomic E-state index is 14.0. The molecule has 0 amide bonds. The summed E-state index contributed by atoms with van der Waals surface area (Å²) in [7, 11) is 1.38. The Morgan fingerprint density at radius 2 is 1.60 bits per heavy atom. The van der Waals surface area contributed by atoms with E-state index in [0.717, 1.165) is 64.7 Å². The van der Waals surface area contributed by atoms with Gasteiger partial charge in [-0.25, -0.2) is 29.6 Å². The summed E-state index contributed by atoms with van der Waals surface area (Å²) < 4.78 is 16.7. The molecule has 0 N–H and O–H groups in total. The van der Waals surface area contributed by atoms with Crippen LogP contribution in [0.5, 0.6) is 0 Å². The highest BCUT2D eigenvalue weighted by Gasteiger charge is 2.58. The number of carbonyl (C=O) groups is 2. The fourth-order valence-corrected chi connectivity index (χ4v) is 5.98. The molecule has 1 atom stereocenters. The van der Waals surface area contributed by atoms with Crippen LogP contribution in [0.25, 0.3) is 5.70 Å². The maximum atomic E-state index is 14.0. The summed E-state index contributed by atoms with van der Waals surface area (Å²) in [5.74, 6) is -2.30. The van der Waals surface area contributed by atoms with Crippen molar-refractivity contribution in [1.29, 1.82) is 0 Å². The van der Waals surface area contributed by atoms with Crippen molar-refractivity contribution < 1.29 is 23.8 Å². The average molecular weight is 556 g/mol. The zero-order chi connectivity index (χ0) is 28.0. The summed E-state index contributed by atoms with van der Waals surface area (Å²) in [6.45, 7) is 8.38. The van der Waals surface area contributed by atoms with Crippen molar-refractivity contribution in [3.05, 3.63) is 29.9 Å². The zero-order valence-electron chi connectivity index (χ0n) is 23.7. The molecule has 0 aromatic carbocycles. The first kappa shape index (κ1) is 28.6. The lowest BCUT2D eigenvalue weighted by Crippen LogP contribution is -2.71. The Balaban J connectivity index is 1.59. The Hall–Kier alpha value is -2.93. The lowest BCUT2D eigenvalue weighted by atomic mass is 10.0. The lowest BCUT2D eigenvalue weighted by Gasteiger charge is -2.54. The first-order valence-corrected chi connectivity index (χ1v) is 14.5. The van der Waals surface area contributed by atoms with E-state index in [1.165, 1.54) is 7.11 Å². The number of nitrogens with zero attached hydrogens (tertiary/aromatic N) is 7. The predicted molar refractivity (Wildman–Crippen MR) is 148 cm³/mol. The van der Waals surface area contributed by atoms with Crippen molar-refractivity contribution in [2.24, 2.45) is 4.99 Å². The van der Waals surface area contributed by atoms with E-state index in [0.29, 0.717) is 49.9 Å². The van der Waals surface area contributed by atoms with Gasteiger partial charge in [0.15, 0.2) is 11.5 Å². The van der Waals surface area contributed by atoms with E-state index in [1.54, 1.807) is 18.5 Å². The SMILES string of the molecule is COC(=O)C1(N2CCCCC2)N=C(C(=O)OCCN2CCOCC2)C(C)=C(c2ncccn2)N1N1CCCCC1. The van der Waals surface area contributed by atoms with Gasteiger partial charge in [-0.05, 0) is 38.7 Å². The minimum absolute atomic E-state index is 0.105. The van der Waals surface area contributed by atoms with Crippen molar-refractivity contribution in [3.8, 4) is 0 Å². The Bertz CT molecular complexity index is 1100. The Morgan fingerprint density at radius 3 is 2.25 bits per heavy atom. The normalized spacial score (nSPS) is 25.4. The molecule has 4 aliphatic rings.